The lowest BCUT2D eigenvalue weighted by atomic mass is 10.1. The summed E-state index contributed by atoms with van der Waals surface area (Å²) in [6.07, 6.45) is 5.40. The fraction of sp³-hybridized carbons (Fsp3) is 0.286. The van der Waals surface area contributed by atoms with Crippen molar-refractivity contribution in [3.05, 3.63) is 64.2 Å². The van der Waals surface area contributed by atoms with Crippen molar-refractivity contribution >= 4 is 21.9 Å². The van der Waals surface area contributed by atoms with Gasteiger partial charge in [-0.25, -0.2) is 4.79 Å². The monoisotopic (exact) mass is 354 g/mol. The lowest BCUT2D eigenvalue weighted by molar-refractivity contribution is 0.222. The van der Waals surface area contributed by atoms with Gasteiger partial charge in [0.2, 0.25) is 0 Å². The molecule has 1 aromatic carbocycles. The van der Waals surface area contributed by atoms with Crippen molar-refractivity contribution in [3.8, 4) is 5.75 Å². The molecule has 0 saturated heterocycles. The molecule has 0 bridgehead atoms. The summed E-state index contributed by atoms with van der Waals surface area (Å²) in [5.41, 5.74) is 2.72. The Morgan fingerprint density at radius 3 is 2.73 bits per heavy atom. The molecule has 0 amide bonds. The number of aliphatic hydroxyl groups excluding tert-OH is 1. The van der Waals surface area contributed by atoms with E-state index in [1.807, 2.05) is 39.0 Å². The number of hydrogen-bond acceptors (Lipinski definition) is 5. The first-order valence-electron chi connectivity index (χ1n) is 8.49. The molecular formula is C21H22O5. The molecule has 0 spiro atoms. The molecule has 0 saturated carbocycles. The van der Waals surface area contributed by atoms with Gasteiger partial charge in [-0.15, -0.1) is 0 Å². The summed E-state index contributed by atoms with van der Waals surface area (Å²) in [4.78, 5) is 11.5. The SMILES string of the molecule is CC(C)=C[C@@H](O)C/C(C)=C/COc1c2ccoc2cc2oc(=O)ccc12. The van der Waals surface area contributed by atoms with E-state index in [1.165, 1.54) is 6.07 Å². The minimum atomic E-state index is -0.497. The lowest BCUT2D eigenvalue weighted by Crippen LogP contribution is -2.04. The quantitative estimate of drug-likeness (QED) is 0.518. The van der Waals surface area contributed by atoms with Crippen molar-refractivity contribution in [2.24, 2.45) is 0 Å². The maximum Gasteiger partial charge on any atom is 0.336 e. The third-order valence-electron chi connectivity index (χ3n) is 4.03. The van der Waals surface area contributed by atoms with Gasteiger partial charge in [0.25, 0.3) is 0 Å². The van der Waals surface area contributed by atoms with Gasteiger partial charge in [0.1, 0.15) is 23.5 Å². The molecular weight excluding hydrogens is 332 g/mol. The molecule has 3 rings (SSSR count). The second-order valence-corrected chi connectivity index (χ2v) is 6.58. The number of fused-ring (bicyclic) bond motifs is 2. The van der Waals surface area contributed by atoms with Gasteiger partial charge in [-0.2, -0.15) is 0 Å². The molecule has 5 nitrogen and oxygen atoms in total. The van der Waals surface area contributed by atoms with E-state index in [9.17, 15) is 9.90 Å². The van der Waals surface area contributed by atoms with Crippen LogP contribution in [0.15, 0.2) is 67.5 Å². The molecule has 0 unspecified atom stereocenters. The third-order valence-corrected chi connectivity index (χ3v) is 4.03. The van der Waals surface area contributed by atoms with Crippen molar-refractivity contribution in [2.75, 3.05) is 6.61 Å². The van der Waals surface area contributed by atoms with Crippen LogP contribution in [0.25, 0.3) is 21.9 Å². The average molecular weight is 354 g/mol. The Kier molecular flexibility index (Phi) is 5.28. The predicted octanol–water partition coefficient (Wildman–Crippen LogP) is 4.58. The second-order valence-electron chi connectivity index (χ2n) is 6.58. The first kappa shape index (κ1) is 18.0. The van der Waals surface area contributed by atoms with E-state index in [2.05, 4.69) is 0 Å². The molecule has 1 N–H and O–H groups in total. The van der Waals surface area contributed by atoms with Gasteiger partial charge >= 0.3 is 5.63 Å². The van der Waals surface area contributed by atoms with Gasteiger partial charge in [-0.05, 0) is 45.4 Å². The van der Waals surface area contributed by atoms with Crippen molar-refractivity contribution in [3.63, 3.8) is 0 Å². The number of ether oxygens (including phenoxy) is 1. The lowest BCUT2D eigenvalue weighted by Gasteiger charge is -2.10. The van der Waals surface area contributed by atoms with Crippen LogP contribution in [0, 0.1) is 0 Å². The summed E-state index contributed by atoms with van der Waals surface area (Å²) in [7, 11) is 0. The molecule has 3 aromatic rings. The molecule has 0 radical (unpaired) electrons. The van der Waals surface area contributed by atoms with Gasteiger partial charge in [-0.3, -0.25) is 0 Å². The zero-order valence-corrected chi connectivity index (χ0v) is 15.1. The minimum absolute atomic E-state index is 0.339. The number of allylic oxidation sites excluding steroid dienone is 1. The molecule has 0 aliphatic heterocycles. The molecule has 136 valence electrons. The van der Waals surface area contributed by atoms with E-state index < -0.39 is 11.7 Å². The van der Waals surface area contributed by atoms with E-state index in [1.54, 1.807) is 18.4 Å². The Morgan fingerprint density at radius 2 is 1.96 bits per heavy atom. The second kappa shape index (κ2) is 7.62. The Hall–Kier alpha value is -2.79. The summed E-state index contributed by atoms with van der Waals surface area (Å²) in [6.45, 7) is 6.22. The van der Waals surface area contributed by atoms with Gasteiger partial charge in [-0.1, -0.05) is 17.2 Å². The van der Waals surface area contributed by atoms with Crippen molar-refractivity contribution in [1.29, 1.82) is 0 Å². The highest BCUT2D eigenvalue weighted by molar-refractivity contribution is 6.01. The Bertz CT molecular complexity index is 1030. The van der Waals surface area contributed by atoms with E-state index >= 15 is 0 Å². The summed E-state index contributed by atoms with van der Waals surface area (Å²) in [5.74, 6) is 0.615. The maximum absolute atomic E-state index is 11.5. The maximum atomic E-state index is 11.5. The Morgan fingerprint density at radius 1 is 1.19 bits per heavy atom. The zero-order chi connectivity index (χ0) is 18.7. The van der Waals surface area contributed by atoms with Crippen LogP contribution in [-0.4, -0.2) is 17.8 Å². The summed E-state index contributed by atoms with van der Waals surface area (Å²) in [5, 5.41) is 11.5. The van der Waals surface area contributed by atoms with Crippen molar-refractivity contribution < 1.29 is 18.7 Å². The highest BCUT2D eigenvalue weighted by atomic mass is 16.5. The summed E-state index contributed by atoms with van der Waals surface area (Å²) < 4.78 is 16.6. The fourth-order valence-corrected chi connectivity index (χ4v) is 2.89. The molecule has 2 aromatic heterocycles. The number of rotatable bonds is 6. The van der Waals surface area contributed by atoms with Gasteiger partial charge in [0.05, 0.1) is 23.1 Å². The Labute approximate surface area is 151 Å². The van der Waals surface area contributed by atoms with Crippen LogP contribution in [-0.2, 0) is 0 Å². The van der Waals surface area contributed by atoms with Crippen LogP contribution < -0.4 is 10.4 Å². The Balaban J connectivity index is 1.83. The molecule has 5 heteroatoms. The van der Waals surface area contributed by atoms with Crippen LogP contribution in [0.5, 0.6) is 5.75 Å². The molecule has 1 atom stereocenters. The number of benzene rings is 1. The van der Waals surface area contributed by atoms with E-state index in [0.29, 0.717) is 35.3 Å². The molecule has 26 heavy (non-hydrogen) atoms. The van der Waals surface area contributed by atoms with Crippen molar-refractivity contribution in [2.45, 2.75) is 33.3 Å². The first-order chi connectivity index (χ1) is 12.4. The normalized spacial score (nSPS) is 13.2. The largest absolute Gasteiger partial charge is 0.488 e. The van der Waals surface area contributed by atoms with Gasteiger partial charge in [0.15, 0.2) is 0 Å². The van der Waals surface area contributed by atoms with Gasteiger partial charge < -0.3 is 18.7 Å². The van der Waals surface area contributed by atoms with Crippen LogP contribution in [0.4, 0.5) is 0 Å². The van der Waals surface area contributed by atoms with Crippen LogP contribution in [0.1, 0.15) is 27.2 Å². The molecule has 0 aliphatic rings. The van der Waals surface area contributed by atoms with Crippen LogP contribution >= 0.6 is 0 Å². The third kappa shape index (κ3) is 4.06. The molecule has 0 aliphatic carbocycles. The minimum Gasteiger partial charge on any atom is -0.488 e. The number of furan rings is 1. The van der Waals surface area contributed by atoms with Crippen LogP contribution in [0.3, 0.4) is 0 Å². The zero-order valence-electron chi connectivity index (χ0n) is 15.1. The average Bonchev–Trinajstić information content (AvgIpc) is 3.01. The van der Waals surface area contributed by atoms with E-state index in [-0.39, 0.29) is 0 Å². The number of aliphatic hydroxyl groups is 1. The smallest absolute Gasteiger partial charge is 0.336 e. The molecule has 0 fully saturated rings. The highest BCUT2D eigenvalue weighted by Crippen LogP contribution is 2.35. The highest BCUT2D eigenvalue weighted by Gasteiger charge is 2.13. The topological polar surface area (TPSA) is 72.8 Å². The fourth-order valence-electron chi connectivity index (χ4n) is 2.89. The van der Waals surface area contributed by atoms with Crippen LogP contribution in [0.2, 0.25) is 0 Å². The first-order valence-corrected chi connectivity index (χ1v) is 8.49. The van der Waals surface area contributed by atoms with E-state index in [4.69, 9.17) is 13.6 Å². The van der Waals surface area contributed by atoms with E-state index in [0.717, 1.165) is 16.5 Å². The standard InChI is InChI=1S/C21H22O5/c1-13(2)10-15(22)11-14(3)6-8-25-21-16-4-5-20(23)26-19(16)12-18-17(21)7-9-24-18/h4-7,9-10,12,15,22H,8,11H2,1-3H3/b14-6+/t15-/m1/s1. The summed E-state index contributed by atoms with van der Waals surface area (Å²) in [6, 6.07) is 6.58. The van der Waals surface area contributed by atoms with Gasteiger partial charge in [0, 0.05) is 12.1 Å². The molecule has 2 heterocycles. The summed E-state index contributed by atoms with van der Waals surface area (Å²) >= 11 is 0. The predicted molar refractivity (Wildman–Crippen MR) is 102 cm³/mol. The van der Waals surface area contributed by atoms with Crippen molar-refractivity contribution in [1.82, 2.24) is 0 Å². The number of hydrogen-bond donors (Lipinski definition) is 1.